The number of rotatable bonds is 5. The van der Waals surface area contributed by atoms with Crippen molar-refractivity contribution in [2.24, 2.45) is 11.7 Å². The van der Waals surface area contributed by atoms with E-state index in [2.05, 4.69) is 20.8 Å². The van der Waals surface area contributed by atoms with Crippen LogP contribution < -0.4 is 15.2 Å². The number of amides is 1. The van der Waals surface area contributed by atoms with Crippen LogP contribution in [0.25, 0.3) is 0 Å². The quantitative estimate of drug-likeness (QED) is 0.877. The first-order chi connectivity index (χ1) is 10.1. The van der Waals surface area contributed by atoms with Gasteiger partial charge in [-0.25, -0.2) is 0 Å². The molecule has 5 nitrogen and oxygen atoms in total. The zero-order chi connectivity index (χ0) is 15.4. The Morgan fingerprint density at radius 1 is 1.33 bits per heavy atom. The predicted molar refractivity (Wildman–Crippen MR) is 84.4 cm³/mol. The average molecular weight is 357 g/mol. The van der Waals surface area contributed by atoms with Gasteiger partial charge < -0.3 is 15.2 Å². The molecule has 1 aliphatic heterocycles. The minimum atomic E-state index is -0.179. The molecule has 0 spiro atoms. The summed E-state index contributed by atoms with van der Waals surface area (Å²) in [5.41, 5.74) is 6.51. The van der Waals surface area contributed by atoms with Crippen molar-refractivity contribution < 1.29 is 14.3 Å². The normalized spacial score (nSPS) is 16.7. The lowest BCUT2D eigenvalue weighted by Gasteiger charge is -2.30. The van der Waals surface area contributed by atoms with Crippen LogP contribution in [0.2, 0.25) is 0 Å². The van der Waals surface area contributed by atoms with E-state index in [0.29, 0.717) is 11.5 Å². The summed E-state index contributed by atoms with van der Waals surface area (Å²) in [6, 6.07) is 3.95. The molecule has 0 aromatic heterocycles. The molecular formula is C15H21BrN2O3. The van der Waals surface area contributed by atoms with Gasteiger partial charge in [0.05, 0.1) is 18.7 Å². The van der Waals surface area contributed by atoms with Crippen LogP contribution in [0.1, 0.15) is 18.4 Å². The number of carbonyl (C=O) groups is 1. The van der Waals surface area contributed by atoms with Gasteiger partial charge in [0.1, 0.15) is 0 Å². The molecule has 1 fully saturated rings. The average Bonchev–Trinajstić information content (AvgIpc) is 2.49. The summed E-state index contributed by atoms with van der Waals surface area (Å²) in [4.78, 5) is 13.5. The number of halogens is 1. The van der Waals surface area contributed by atoms with Gasteiger partial charge >= 0.3 is 0 Å². The lowest BCUT2D eigenvalue weighted by Crippen LogP contribution is -2.38. The van der Waals surface area contributed by atoms with E-state index in [-0.39, 0.29) is 11.8 Å². The van der Waals surface area contributed by atoms with Gasteiger partial charge in [-0.05, 0) is 53.5 Å². The molecule has 6 heteroatoms. The number of hydrogen-bond acceptors (Lipinski definition) is 4. The summed E-state index contributed by atoms with van der Waals surface area (Å²) in [5.74, 6) is 1.26. The molecule has 1 saturated heterocycles. The highest BCUT2D eigenvalue weighted by atomic mass is 79.9. The number of nitrogens with zero attached hydrogens (tertiary/aromatic N) is 1. The Kier molecular flexibility index (Phi) is 5.47. The van der Waals surface area contributed by atoms with Crippen molar-refractivity contribution in [3.05, 3.63) is 22.2 Å². The second-order valence-electron chi connectivity index (χ2n) is 5.23. The number of likely N-dealkylation sites (tertiary alicyclic amines) is 1. The van der Waals surface area contributed by atoms with Crippen LogP contribution in [0.15, 0.2) is 16.6 Å². The maximum absolute atomic E-state index is 11.2. The van der Waals surface area contributed by atoms with Crippen molar-refractivity contribution in [3.63, 3.8) is 0 Å². The molecule has 0 aliphatic carbocycles. The highest BCUT2D eigenvalue weighted by molar-refractivity contribution is 9.10. The molecule has 2 rings (SSSR count). The number of primary amides is 1. The van der Waals surface area contributed by atoms with E-state index in [9.17, 15) is 4.79 Å². The fourth-order valence-electron chi connectivity index (χ4n) is 2.67. The van der Waals surface area contributed by atoms with E-state index in [0.717, 1.165) is 42.5 Å². The van der Waals surface area contributed by atoms with Gasteiger partial charge in [0.15, 0.2) is 11.5 Å². The van der Waals surface area contributed by atoms with Gasteiger partial charge in [0, 0.05) is 12.5 Å². The Hall–Kier alpha value is -1.27. The standard InChI is InChI=1S/C15H21BrN2O3/c1-20-12-4-3-11(13(16)14(12)21-2)9-18-7-5-10(6-8-18)15(17)19/h3-4,10H,5-9H2,1-2H3,(H2,17,19). The molecule has 116 valence electrons. The fraction of sp³-hybridized carbons (Fsp3) is 0.533. The van der Waals surface area contributed by atoms with E-state index in [1.807, 2.05) is 12.1 Å². The van der Waals surface area contributed by atoms with Crippen LogP contribution >= 0.6 is 15.9 Å². The van der Waals surface area contributed by atoms with Crippen molar-refractivity contribution in [2.45, 2.75) is 19.4 Å². The highest BCUT2D eigenvalue weighted by Crippen LogP contribution is 2.38. The molecule has 1 aromatic carbocycles. The third kappa shape index (κ3) is 3.68. The third-order valence-corrected chi connectivity index (χ3v) is 4.82. The van der Waals surface area contributed by atoms with Crippen LogP contribution in [0, 0.1) is 5.92 Å². The molecule has 0 saturated carbocycles. The number of nitrogens with two attached hydrogens (primary N) is 1. The largest absolute Gasteiger partial charge is 0.493 e. The fourth-order valence-corrected chi connectivity index (χ4v) is 3.28. The number of hydrogen-bond donors (Lipinski definition) is 1. The van der Waals surface area contributed by atoms with Gasteiger partial charge in [0.2, 0.25) is 5.91 Å². The lowest BCUT2D eigenvalue weighted by molar-refractivity contribution is -0.123. The molecule has 1 aliphatic rings. The van der Waals surface area contributed by atoms with E-state index >= 15 is 0 Å². The van der Waals surface area contributed by atoms with E-state index in [1.165, 1.54) is 0 Å². The first kappa shape index (κ1) is 16.1. The molecule has 1 aromatic rings. The second-order valence-corrected chi connectivity index (χ2v) is 6.02. The van der Waals surface area contributed by atoms with E-state index in [4.69, 9.17) is 15.2 Å². The molecule has 0 radical (unpaired) electrons. The van der Waals surface area contributed by atoms with Crippen LogP contribution in [-0.2, 0) is 11.3 Å². The molecule has 1 heterocycles. The number of methoxy groups -OCH3 is 2. The van der Waals surface area contributed by atoms with Crippen molar-refractivity contribution in [1.82, 2.24) is 4.90 Å². The van der Waals surface area contributed by atoms with Crippen LogP contribution in [0.3, 0.4) is 0 Å². The maximum Gasteiger partial charge on any atom is 0.220 e. The van der Waals surface area contributed by atoms with Crippen molar-refractivity contribution in [1.29, 1.82) is 0 Å². The van der Waals surface area contributed by atoms with Gasteiger partial charge in [-0.2, -0.15) is 0 Å². The smallest absolute Gasteiger partial charge is 0.220 e. The first-order valence-corrected chi connectivity index (χ1v) is 7.77. The van der Waals surface area contributed by atoms with Crippen LogP contribution in [0.4, 0.5) is 0 Å². The summed E-state index contributed by atoms with van der Waals surface area (Å²) in [5, 5.41) is 0. The summed E-state index contributed by atoms with van der Waals surface area (Å²) in [6.45, 7) is 2.58. The maximum atomic E-state index is 11.2. The first-order valence-electron chi connectivity index (χ1n) is 6.97. The summed E-state index contributed by atoms with van der Waals surface area (Å²) >= 11 is 3.59. The SMILES string of the molecule is COc1ccc(CN2CCC(C(N)=O)CC2)c(Br)c1OC. The number of piperidine rings is 1. The van der Waals surface area contributed by atoms with Gasteiger partial charge in [-0.3, -0.25) is 9.69 Å². The number of ether oxygens (including phenoxy) is 2. The zero-order valence-electron chi connectivity index (χ0n) is 12.4. The molecule has 2 N–H and O–H groups in total. The Morgan fingerprint density at radius 3 is 2.52 bits per heavy atom. The van der Waals surface area contributed by atoms with Crippen LogP contribution in [0.5, 0.6) is 11.5 Å². The highest BCUT2D eigenvalue weighted by Gasteiger charge is 2.24. The minimum absolute atomic E-state index is 0.0232. The summed E-state index contributed by atoms with van der Waals surface area (Å²) < 4.78 is 11.6. The molecule has 0 bridgehead atoms. The van der Waals surface area contributed by atoms with Crippen molar-refractivity contribution in [3.8, 4) is 11.5 Å². The topological polar surface area (TPSA) is 64.8 Å². The second kappa shape index (κ2) is 7.13. The Morgan fingerprint density at radius 2 is 2.00 bits per heavy atom. The molecule has 21 heavy (non-hydrogen) atoms. The van der Waals surface area contributed by atoms with Crippen LogP contribution in [-0.4, -0.2) is 38.1 Å². The molecular weight excluding hydrogens is 336 g/mol. The molecule has 0 unspecified atom stereocenters. The molecule has 1 amide bonds. The van der Waals surface area contributed by atoms with E-state index in [1.54, 1.807) is 14.2 Å². The number of carbonyl (C=O) groups excluding carboxylic acids is 1. The Bertz CT molecular complexity index is 514. The Labute approximate surface area is 133 Å². The minimum Gasteiger partial charge on any atom is -0.493 e. The monoisotopic (exact) mass is 356 g/mol. The van der Waals surface area contributed by atoms with Gasteiger partial charge in [0.25, 0.3) is 0 Å². The van der Waals surface area contributed by atoms with Gasteiger partial charge in [-0.1, -0.05) is 6.07 Å². The predicted octanol–water partition coefficient (Wildman–Crippen LogP) is 2.16. The molecule has 0 atom stereocenters. The third-order valence-electron chi connectivity index (χ3n) is 3.95. The zero-order valence-corrected chi connectivity index (χ0v) is 14.0. The Balaban J connectivity index is 2.06. The summed E-state index contributed by atoms with van der Waals surface area (Å²) in [6.07, 6.45) is 1.67. The van der Waals surface area contributed by atoms with E-state index < -0.39 is 0 Å². The number of benzene rings is 1. The van der Waals surface area contributed by atoms with Crippen molar-refractivity contribution >= 4 is 21.8 Å². The van der Waals surface area contributed by atoms with Gasteiger partial charge in [-0.15, -0.1) is 0 Å². The summed E-state index contributed by atoms with van der Waals surface area (Å²) in [7, 11) is 3.25. The lowest BCUT2D eigenvalue weighted by atomic mass is 9.96. The van der Waals surface area contributed by atoms with Crippen molar-refractivity contribution in [2.75, 3.05) is 27.3 Å².